The van der Waals surface area contributed by atoms with E-state index in [0.29, 0.717) is 12.0 Å². The first-order valence-corrected chi connectivity index (χ1v) is 6.89. The van der Waals surface area contributed by atoms with Crippen molar-refractivity contribution in [2.75, 3.05) is 0 Å². The molecule has 0 radical (unpaired) electrons. The van der Waals surface area contributed by atoms with Crippen molar-refractivity contribution in [1.82, 2.24) is 0 Å². The summed E-state index contributed by atoms with van der Waals surface area (Å²) in [5.74, 6) is -4.99. The first-order chi connectivity index (χ1) is 10.4. The van der Waals surface area contributed by atoms with Gasteiger partial charge in [-0.15, -0.1) is 0 Å². The van der Waals surface area contributed by atoms with Crippen LogP contribution in [0, 0.1) is 17.5 Å². The zero-order valence-corrected chi connectivity index (χ0v) is 11.9. The number of rotatable bonds is 5. The van der Waals surface area contributed by atoms with Gasteiger partial charge in [-0.05, 0) is 35.6 Å². The van der Waals surface area contributed by atoms with E-state index >= 15 is 0 Å². The van der Waals surface area contributed by atoms with Gasteiger partial charge in [0.05, 0.1) is 6.42 Å². The molecule has 5 heteroatoms. The summed E-state index contributed by atoms with van der Waals surface area (Å²) in [5, 5.41) is 8.88. The molecule has 0 heterocycles. The molecule has 22 heavy (non-hydrogen) atoms. The number of aliphatic carboxylic acids is 1. The molecule has 0 saturated heterocycles. The number of benzene rings is 2. The maximum Gasteiger partial charge on any atom is 0.303 e. The van der Waals surface area contributed by atoms with Gasteiger partial charge >= 0.3 is 5.97 Å². The average Bonchev–Trinajstić information content (AvgIpc) is 2.51. The zero-order valence-electron chi connectivity index (χ0n) is 11.9. The standard InChI is InChI=1S/C17H15F3O2/c1-2-10(9-15(21)22)11-3-5-12(6-4-11)13-7-8-14(18)17(20)16(13)19/h3-8,10H,2,9H2,1H3,(H,21,22). The summed E-state index contributed by atoms with van der Waals surface area (Å²) in [6.07, 6.45) is 0.667. The molecule has 2 aromatic rings. The highest BCUT2D eigenvalue weighted by atomic mass is 19.2. The number of halogens is 3. The predicted octanol–water partition coefficient (Wildman–Crippen LogP) is 4.74. The van der Waals surface area contributed by atoms with Crippen LogP contribution >= 0.6 is 0 Å². The third-order valence-corrected chi connectivity index (χ3v) is 3.64. The quantitative estimate of drug-likeness (QED) is 0.810. The molecule has 2 nitrogen and oxygen atoms in total. The molecule has 1 N–H and O–H groups in total. The first-order valence-electron chi connectivity index (χ1n) is 6.89. The van der Waals surface area contributed by atoms with Crippen LogP contribution in [0.2, 0.25) is 0 Å². The van der Waals surface area contributed by atoms with Crippen LogP contribution in [-0.2, 0) is 4.79 Å². The topological polar surface area (TPSA) is 37.3 Å². The van der Waals surface area contributed by atoms with Crippen molar-refractivity contribution in [2.24, 2.45) is 0 Å². The zero-order chi connectivity index (χ0) is 16.3. The molecule has 1 unspecified atom stereocenters. The van der Waals surface area contributed by atoms with E-state index in [1.807, 2.05) is 6.92 Å². The van der Waals surface area contributed by atoms with Crippen molar-refractivity contribution in [3.63, 3.8) is 0 Å². The first kappa shape index (κ1) is 16.1. The second kappa shape index (κ2) is 6.64. The van der Waals surface area contributed by atoms with Gasteiger partial charge in [0.15, 0.2) is 17.5 Å². The summed E-state index contributed by atoms with van der Waals surface area (Å²) in [4.78, 5) is 10.8. The van der Waals surface area contributed by atoms with Crippen molar-refractivity contribution >= 4 is 5.97 Å². The number of carbonyl (C=O) groups is 1. The van der Waals surface area contributed by atoms with Crippen molar-refractivity contribution in [2.45, 2.75) is 25.7 Å². The van der Waals surface area contributed by atoms with Crippen LogP contribution in [0.5, 0.6) is 0 Å². The van der Waals surface area contributed by atoms with Crippen LogP contribution in [0.3, 0.4) is 0 Å². The van der Waals surface area contributed by atoms with Gasteiger partial charge in [-0.1, -0.05) is 31.2 Å². The van der Waals surface area contributed by atoms with Crippen LogP contribution in [0.15, 0.2) is 36.4 Å². The molecule has 0 spiro atoms. The third-order valence-electron chi connectivity index (χ3n) is 3.64. The highest BCUT2D eigenvalue weighted by Crippen LogP contribution is 2.29. The highest BCUT2D eigenvalue weighted by Gasteiger charge is 2.16. The van der Waals surface area contributed by atoms with E-state index in [0.717, 1.165) is 11.6 Å². The van der Waals surface area contributed by atoms with Crippen molar-refractivity contribution < 1.29 is 23.1 Å². The van der Waals surface area contributed by atoms with Gasteiger partial charge < -0.3 is 5.11 Å². The molecule has 1 atom stereocenters. The van der Waals surface area contributed by atoms with Crippen LogP contribution in [-0.4, -0.2) is 11.1 Å². The lowest BCUT2D eigenvalue weighted by atomic mass is 9.91. The Kier molecular flexibility index (Phi) is 4.85. The maximum atomic E-state index is 13.8. The lowest BCUT2D eigenvalue weighted by Gasteiger charge is -2.13. The van der Waals surface area contributed by atoms with E-state index in [-0.39, 0.29) is 17.9 Å². The summed E-state index contributed by atoms with van der Waals surface area (Å²) in [6.45, 7) is 1.89. The predicted molar refractivity (Wildman–Crippen MR) is 77.0 cm³/mol. The van der Waals surface area contributed by atoms with Crippen molar-refractivity contribution in [1.29, 1.82) is 0 Å². The Morgan fingerprint density at radius 2 is 1.68 bits per heavy atom. The van der Waals surface area contributed by atoms with Crippen molar-refractivity contribution in [3.8, 4) is 11.1 Å². The van der Waals surface area contributed by atoms with Gasteiger partial charge in [-0.25, -0.2) is 13.2 Å². The summed E-state index contributed by atoms with van der Waals surface area (Å²) < 4.78 is 40.0. The molecule has 0 aliphatic rings. The summed E-state index contributed by atoms with van der Waals surface area (Å²) in [7, 11) is 0. The molecule has 0 saturated carbocycles. The summed E-state index contributed by atoms with van der Waals surface area (Å²) in [5.41, 5.74) is 1.19. The number of hydrogen-bond donors (Lipinski definition) is 1. The fourth-order valence-electron chi connectivity index (χ4n) is 2.39. The average molecular weight is 308 g/mol. The van der Waals surface area contributed by atoms with E-state index in [1.54, 1.807) is 24.3 Å². The Hall–Kier alpha value is -2.30. The second-order valence-electron chi connectivity index (χ2n) is 5.05. The molecule has 0 aliphatic carbocycles. The smallest absolute Gasteiger partial charge is 0.303 e. The molecule has 2 aromatic carbocycles. The van der Waals surface area contributed by atoms with Gasteiger partial charge in [0.2, 0.25) is 0 Å². The Labute approximate surface area is 126 Å². The van der Waals surface area contributed by atoms with Gasteiger partial charge in [0.25, 0.3) is 0 Å². The fraction of sp³-hybridized carbons (Fsp3) is 0.235. The molecule has 0 aliphatic heterocycles. The summed E-state index contributed by atoms with van der Waals surface area (Å²) in [6, 6.07) is 8.59. The largest absolute Gasteiger partial charge is 0.481 e. The lowest BCUT2D eigenvalue weighted by Crippen LogP contribution is -2.05. The van der Waals surface area contributed by atoms with Crippen LogP contribution in [0.4, 0.5) is 13.2 Å². The van der Waals surface area contributed by atoms with Gasteiger partial charge in [0.1, 0.15) is 0 Å². The van der Waals surface area contributed by atoms with E-state index in [9.17, 15) is 18.0 Å². The monoisotopic (exact) mass is 308 g/mol. The molecule has 2 rings (SSSR count). The lowest BCUT2D eigenvalue weighted by molar-refractivity contribution is -0.137. The van der Waals surface area contributed by atoms with Crippen LogP contribution in [0.25, 0.3) is 11.1 Å². The van der Waals surface area contributed by atoms with E-state index in [1.165, 1.54) is 6.07 Å². The Morgan fingerprint density at radius 1 is 1.05 bits per heavy atom. The summed E-state index contributed by atoms with van der Waals surface area (Å²) >= 11 is 0. The normalized spacial score (nSPS) is 12.2. The van der Waals surface area contributed by atoms with Gasteiger partial charge in [0, 0.05) is 5.56 Å². The third kappa shape index (κ3) is 3.30. The fourth-order valence-corrected chi connectivity index (χ4v) is 2.39. The molecule has 0 aromatic heterocycles. The molecule has 116 valence electrons. The number of carboxylic acids is 1. The number of hydrogen-bond acceptors (Lipinski definition) is 1. The Balaban J connectivity index is 2.33. The van der Waals surface area contributed by atoms with E-state index in [4.69, 9.17) is 5.11 Å². The molecule has 0 bridgehead atoms. The maximum absolute atomic E-state index is 13.8. The van der Waals surface area contributed by atoms with Gasteiger partial charge in [-0.2, -0.15) is 0 Å². The number of carboxylic acid groups (broad SMARTS) is 1. The Bertz CT molecular complexity index is 681. The van der Waals surface area contributed by atoms with Crippen LogP contribution < -0.4 is 0 Å². The molecular formula is C17H15F3O2. The van der Waals surface area contributed by atoms with Crippen LogP contribution in [0.1, 0.15) is 31.2 Å². The minimum absolute atomic E-state index is 0.00931. The second-order valence-corrected chi connectivity index (χ2v) is 5.05. The highest BCUT2D eigenvalue weighted by molar-refractivity contribution is 5.68. The van der Waals surface area contributed by atoms with E-state index in [2.05, 4.69) is 0 Å². The van der Waals surface area contributed by atoms with Gasteiger partial charge in [-0.3, -0.25) is 4.79 Å². The molecule has 0 amide bonds. The molecule has 0 fully saturated rings. The molecular weight excluding hydrogens is 293 g/mol. The van der Waals surface area contributed by atoms with Crippen molar-refractivity contribution in [3.05, 3.63) is 59.4 Å². The minimum atomic E-state index is -1.50. The Morgan fingerprint density at radius 3 is 2.23 bits per heavy atom. The minimum Gasteiger partial charge on any atom is -0.481 e. The van der Waals surface area contributed by atoms with E-state index < -0.39 is 23.4 Å². The SMILES string of the molecule is CCC(CC(=O)O)c1ccc(-c2ccc(F)c(F)c2F)cc1.